The minimum Gasteiger partial charge on any atom is -0.462 e. The van der Waals surface area contributed by atoms with Crippen LogP contribution in [-0.2, 0) is 28.6 Å². The fourth-order valence-corrected chi connectivity index (χ4v) is 6.31. The summed E-state index contributed by atoms with van der Waals surface area (Å²) < 4.78 is 16.6. The Bertz CT molecular complexity index is 1170. The molecule has 59 heavy (non-hydrogen) atoms. The lowest BCUT2D eigenvalue weighted by atomic mass is 10.1. The average Bonchev–Trinajstić information content (AvgIpc) is 3.23. The number of unbranched alkanes of at least 4 members (excludes halogenated alkanes) is 20. The largest absolute Gasteiger partial charge is 0.462 e. The van der Waals surface area contributed by atoms with E-state index in [1.807, 2.05) is 6.08 Å². The van der Waals surface area contributed by atoms with Gasteiger partial charge < -0.3 is 14.2 Å². The summed E-state index contributed by atoms with van der Waals surface area (Å²) in [5, 5.41) is 0. The number of esters is 3. The van der Waals surface area contributed by atoms with Crippen LogP contribution in [0.25, 0.3) is 0 Å². The monoisotopic (exact) mass is 821 g/mol. The van der Waals surface area contributed by atoms with E-state index < -0.39 is 12.1 Å². The average molecular weight is 821 g/mol. The molecule has 0 aliphatic carbocycles. The topological polar surface area (TPSA) is 78.9 Å². The second-order valence-electron chi connectivity index (χ2n) is 15.7. The molecule has 0 aliphatic rings. The Balaban J connectivity index is 4.50. The van der Waals surface area contributed by atoms with Crippen molar-refractivity contribution in [3.8, 4) is 0 Å². The summed E-state index contributed by atoms with van der Waals surface area (Å²) in [6, 6.07) is 0. The number of hydrogen-bond donors (Lipinski definition) is 0. The lowest BCUT2D eigenvalue weighted by molar-refractivity contribution is -0.166. The standard InChI is InChI=1S/C53H88O6/c1-4-7-10-13-16-19-21-23-25-27-29-31-34-37-40-43-46-52(55)58-49-50(48-57-51(54)45-42-39-36-33-18-15-12-9-6-3)59-53(56)47-44-41-38-35-32-30-28-26-24-22-20-17-14-11-8-5-2/h9,12,18,25-33,39,42,50H,4-8,10-11,13-17,19-24,34-38,40-41,43-49H2,1-3H3/b12-9-,27-25-,28-26-,31-29-,32-30-,33-18-,42-39-. The van der Waals surface area contributed by atoms with E-state index in [0.717, 1.165) is 77.0 Å². The predicted molar refractivity (Wildman–Crippen MR) is 251 cm³/mol. The summed E-state index contributed by atoms with van der Waals surface area (Å²) in [4.78, 5) is 37.7. The van der Waals surface area contributed by atoms with Gasteiger partial charge in [-0.15, -0.1) is 0 Å². The van der Waals surface area contributed by atoms with Crippen molar-refractivity contribution in [3.63, 3.8) is 0 Å². The Labute approximate surface area is 363 Å². The predicted octanol–water partition coefficient (Wildman–Crippen LogP) is 15.6. The fourth-order valence-electron chi connectivity index (χ4n) is 6.31. The van der Waals surface area contributed by atoms with E-state index in [9.17, 15) is 14.4 Å². The molecule has 1 unspecified atom stereocenters. The molecular weight excluding hydrogens is 733 g/mol. The van der Waals surface area contributed by atoms with Gasteiger partial charge in [-0.25, -0.2) is 0 Å². The first-order chi connectivity index (χ1) is 29.0. The van der Waals surface area contributed by atoms with Gasteiger partial charge in [0.15, 0.2) is 6.10 Å². The summed E-state index contributed by atoms with van der Waals surface area (Å²) >= 11 is 0. The number of carbonyl (C=O) groups excluding carboxylic acids is 3. The Morgan fingerprint density at radius 3 is 1.22 bits per heavy atom. The number of allylic oxidation sites excluding steroid dienone is 13. The van der Waals surface area contributed by atoms with Crippen molar-refractivity contribution >= 4 is 17.9 Å². The highest BCUT2D eigenvalue weighted by Crippen LogP contribution is 2.12. The molecule has 0 amide bonds. The maximum absolute atomic E-state index is 12.7. The molecule has 6 nitrogen and oxygen atoms in total. The van der Waals surface area contributed by atoms with Crippen LogP contribution in [0, 0.1) is 0 Å². The number of rotatable bonds is 42. The van der Waals surface area contributed by atoms with Crippen LogP contribution in [0.3, 0.4) is 0 Å². The zero-order valence-corrected chi connectivity index (χ0v) is 38.2. The van der Waals surface area contributed by atoms with Crippen molar-refractivity contribution < 1.29 is 28.6 Å². The summed E-state index contributed by atoms with van der Waals surface area (Å²) in [7, 11) is 0. The first kappa shape index (κ1) is 55.6. The molecule has 0 bridgehead atoms. The summed E-state index contributed by atoms with van der Waals surface area (Å²) in [6.07, 6.45) is 60.3. The smallest absolute Gasteiger partial charge is 0.309 e. The van der Waals surface area contributed by atoms with Crippen LogP contribution in [-0.4, -0.2) is 37.2 Å². The third kappa shape index (κ3) is 45.5. The number of carbonyl (C=O) groups is 3. The number of ether oxygens (including phenoxy) is 3. The van der Waals surface area contributed by atoms with E-state index >= 15 is 0 Å². The van der Waals surface area contributed by atoms with Gasteiger partial charge >= 0.3 is 17.9 Å². The van der Waals surface area contributed by atoms with Gasteiger partial charge in [0.1, 0.15) is 13.2 Å². The van der Waals surface area contributed by atoms with Crippen molar-refractivity contribution in [2.45, 2.75) is 219 Å². The normalized spacial score (nSPS) is 12.8. The quantitative estimate of drug-likeness (QED) is 0.0201. The Kier molecular flexibility index (Phi) is 44.5. The highest BCUT2D eigenvalue weighted by Gasteiger charge is 2.19. The third-order valence-electron chi connectivity index (χ3n) is 9.94. The van der Waals surface area contributed by atoms with E-state index in [-0.39, 0.29) is 38.0 Å². The molecule has 6 heteroatoms. The van der Waals surface area contributed by atoms with Gasteiger partial charge in [0.25, 0.3) is 0 Å². The first-order valence-electron chi connectivity index (χ1n) is 24.1. The molecule has 0 aromatic rings. The molecule has 1 atom stereocenters. The van der Waals surface area contributed by atoms with Gasteiger partial charge in [-0.3, -0.25) is 14.4 Å². The van der Waals surface area contributed by atoms with E-state index in [0.29, 0.717) is 12.8 Å². The van der Waals surface area contributed by atoms with Crippen molar-refractivity contribution in [2.75, 3.05) is 13.2 Å². The van der Waals surface area contributed by atoms with Crippen LogP contribution in [0.2, 0.25) is 0 Å². The van der Waals surface area contributed by atoms with Crippen molar-refractivity contribution in [3.05, 3.63) is 85.1 Å². The summed E-state index contributed by atoms with van der Waals surface area (Å²) in [6.45, 7) is 6.35. The fraction of sp³-hybridized carbons (Fsp3) is 0.679. The highest BCUT2D eigenvalue weighted by molar-refractivity contribution is 5.72. The molecule has 0 N–H and O–H groups in total. The van der Waals surface area contributed by atoms with E-state index in [4.69, 9.17) is 14.2 Å². The Hall–Kier alpha value is -3.41. The SMILES string of the molecule is CC/C=C\C/C=C\C/C=C\CC(=O)OCC(COC(=O)CCCCC/C=C\C=C/CCCCCCCCC)OC(=O)CCCCC/C=C\C=C/CCCCCCCCC. The van der Waals surface area contributed by atoms with Crippen LogP contribution in [0.4, 0.5) is 0 Å². The molecule has 0 saturated carbocycles. The second-order valence-corrected chi connectivity index (χ2v) is 15.7. The molecule has 0 aromatic heterocycles. The van der Waals surface area contributed by atoms with Gasteiger partial charge in [0.05, 0.1) is 6.42 Å². The van der Waals surface area contributed by atoms with Gasteiger partial charge in [0.2, 0.25) is 0 Å². The van der Waals surface area contributed by atoms with E-state index in [1.165, 1.54) is 89.9 Å². The van der Waals surface area contributed by atoms with Crippen molar-refractivity contribution in [1.82, 2.24) is 0 Å². The second kappa shape index (κ2) is 47.3. The molecule has 0 aromatic carbocycles. The molecule has 336 valence electrons. The van der Waals surface area contributed by atoms with Gasteiger partial charge in [-0.1, -0.05) is 196 Å². The summed E-state index contributed by atoms with van der Waals surface area (Å²) in [5.74, 6) is -1.11. The lowest BCUT2D eigenvalue weighted by Crippen LogP contribution is -2.30. The zero-order chi connectivity index (χ0) is 43.0. The molecule has 0 saturated heterocycles. The third-order valence-corrected chi connectivity index (χ3v) is 9.94. The van der Waals surface area contributed by atoms with Crippen LogP contribution in [0.1, 0.15) is 213 Å². The molecule has 0 aliphatic heterocycles. The van der Waals surface area contributed by atoms with Crippen LogP contribution < -0.4 is 0 Å². The maximum atomic E-state index is 12.7. The van der Waals surface area contributed by atoms with Gasteiger partial charge in [-0.2, -0.15) is 0 Å². The Morgan fingerprint density at radius 2 is 0.763 bits per heavy atom. The zero-order valence-electron chi connectivity index (χ0n) is 38.2. The van der Waals surface area contributed by atoms with Crippen molar-refractivity contribution in [1.29, 1.82) is 0 Å². The van der Waals surface area contributed by atoms with Gasteiger partial charge in [0, 0.05) is 12.8 Å². The van der Waals surface area contributed by atoms with E-state index in [1.54, 1.807) is 6.08 Å². The van der Waals surface area contributed by atoms with Crippen LogP contribution in [0.5, 0.6) is 0 Å². The highest BCUT2D eigenvalue weighted by atomic mass is 16.6. The number of hydrogen-bond acceptors (Lipinski definition) is 6. The Morgan fingerprint density at radius 1 is 0.390 bits per heavy atom. The molecular formula is C53H88O6. The van der Waals surface area contributed by atoms with Crippen LogP contribution in [0.15, 0.2) is 85.1 Å². The van der Waals surface area contributed by atoms with E-state index in [2.05, 4.69) is 93.7 Å². The molecule has 0 fully saturated rings. The maximum Gasteiger partial charge on any atom is 0.309 e. The first-order valence-corrected chi connectivity index (χ1v) is 24.1. The minimum absolute atomic E-state index is 0.123. The van der Waals surface area contributed by atoms with Crippen LogP contribution >= 0.6 is 0 Å². The minimum atomic E-state index is -0.835. The molecule has 0 spiro atoms. The molecule has 0 heterocycles. The lowest BCUT2D eigenvalue weighted by Gasteiger charge is -2.18. The van der Waals surface area contributed by atoms with Gasteiger partial charge in [-0.05, 0) is 83.5 Å². The summed E-state index contributed by atoms with van der Waals surface area (Å²) in [5.41, 5.74) is 0. The van der Waals surface area contributed by atoms with Crippen molar-refractivity contribution in [2.24, 2.45) is 0 Å². The molecule has 0 rings (SSSR count). The molecule has 0 radical (unpaired) electrons.